The maximum atomic E-state index is 13.7. The molecule has 11 nitrogen and oxygen atoms in total. The third kappa shape index (κ3) is 5.26. The SMILES string of the molecule is COC(=O)C1=C(C)N(c2cccc(C(F)(F)F)c2)c2n[nH]c(=O)n2C1c1ccc(C#N)cc1C[N+](C)(C)C(C)c1c[nH]cn1. The number of carbonyl (C=O) groups is 1. The van der Waals surface area contributed by atoms with E-state index in [-0.39, 0.29) is 28.9 Å². The van der Waals surface area contributed by atoms with Crippen LogP contribution in [0.2, 0.25) is 0 Å². The quantitative estimate of drug-likeness (QED) is 0.230. The van der Waals surface area contributed by atoms with Crippen LogP contribution in [-0.4, -0.2) is 56.4 Å². The van der Waals surface area contributed by atoms with Crippen LogP contribution in [0.4, 0.5) is 24.8 Å². The highest BCUT2D eigenvalue weighted by Crippen LogP contribution is 2.44. The number of ether oxygens (including phenoxy) is 1. The van der Waals surface area contributed by atoms with Gasteiger partial charge in [-0.15, -0.1) is 5.10 Å². The molecule has 4 aromatic rings. The summed E-state index contributed by atoms with van der Waals surface area (Å²) in [6, 6.07) is 10.5. The van der Waals surface area contributed by atoms with Gasteiger partial charge in [0, 0.05) is 23.1 Å². The van der Waals surface area contributed by atoms with Gasteiger partial charge in [0.15, 0.2) is 0 Å². The number of rotatable bonds is 7. The predicted molar refractivity (Wildman–Crippen MR) is 153 cm³/mol. The summed E-state index contributed by atoms with van der Waals surface area (Å²) in [7, 11) is 5.18. The first-order chi connectivity index (χ1) is 20.8. The Morgan fingerprint density at radius 1 is 1.23 bits per heavy atom. The Balaban J connectivity index is 1.73. The number of esters is 1. The van der Waals surface area contributed by atoms with Crippen molar-refractivity contribution < 1.29 is 27.2 Å². The number of hydrogen-bond acceptors (Lipinski definition) is 7. The van der Waals surface area contributed by atoms with Crippen LogP contribution in [0.3, 0.4) is 0 Å². The Labute approximate surface area is 250 Å². The number of anilines is 2. The van der Waals surface area contributed by atoms with Gasteiger partial charge in [-0.1, -0.05) is 12.1 Å². The van der Waals surface area contributed by atoms with E-state index in [1.54, 1.807) is 37.6 Å². The van der Waals surface area contributed by atoms with Gasteiger partial charge < -0.3 is 14.2 Å². The summed E-state index contributed by atoms with van der Waals surface area (Å²) in [5.41, 5.74) is 1.08. The largest absolute Gasteiger partial charge is 0.466 e. The number of allylic oxidation sites excluding steroid dienone is 1. The molecule has 2 unspecified atom stereocenters. The van der Waals surface area contributed by atoms with Crippen LogP contribution >= 0.6 is 0 Å². The highest BCUT2D eigenvalue weighted by Gasteiger charge is 2.42. The maximum Gasteiger partial charge on any atom is 0.416 e. The molecule has 0 saturated carbocycles. The summed E-state index contributed by atoms with van der Waals surface area (Å²) in [4.78, 5) is 35.6. The van der Waals surface area contributed by atoms with E-state index in [0.717, 1.165) is 17.8 Å². The summed E-state index contributed by atoms with van der Waals surface area (Å²) in [6.45, 7) is 3.94. The predicted octanol–water partition coefficient (Wildman–Crippen LogP) is 4.71. The van der Waals surface area contributed by atoms with Crippen molar-refractivity contribution in [1.29, 1.82) is 5.26 Å². The maximum absolute atomic E-state index is 13.7. The minimum absolute atomic E-state index is 0.0153. The van der Waals surface area contributed by atoms with Gasteiger partial charge >= 0.3 is 17.8 Å². The topological polar surface area (TPSA) is 133 Å². The van der Waals surface area contributed by atoms with Crippen molar-refractivity contribution in [3.05, 3.63) is 105 Å². The van der Waals surface area contributed by atoms with Gasteiger partial charge in [0.05, 0.1) is 50.3 Å². The molecule has 228 valence electrons. The number of quaternary nitrogens is 1. The summed E-state index contributed by atoms with van der Waals surface area (Å²) in [6.07, 6.45) is -1.23. The molecule has 2 aromatic heterocycles. The van der Waals surface area contributed by atoms with E-state index in [1.807, 2.05) is 21.0 Å². The highest BCUT2D eigenvalue weighted by atomic mass is 19.4. The first kappa shape index (κ1) is 30.3. The molecule has 0 bridgehead atoms. The average molecular weight is 608 g/mol. The van der Waals surface area contributed by atoms with Crippen LogP contribution in [0, 0.1) is 11.3 Å². The minimum atomic E-state index is -4.63. The fourth-order valence-electron chi connectivity index (χ4n) is 5.59. The number of benzene rings is 2. The zero-order chi connectivity index (χ0) is 32.0. The molecule has 44 heavy (non-hydrogen) atoms. The standard InChI is InChI=1S/C30H29F3N8O3/c1-17-25(27(42)44-5)26(40-28(37-38-29(40)43)39(17)22-8-6-7-21(12-22)30(31,32)33)23-10-9-19(13-34)11-20(23)15-41(3,4)18(2)24-14-35-16-36-24/h6-12,14,16,18,26H,15H2,1-5H3,(H-,35,36,38,43)/p+1. The van der Waals surface area contributed by atoms with Gasteiger partial charge in [-0.25, -0.2) is 24.2 Å². The molecule has 0 radical (unpaired) electrons. The van der Waals surface area contributed by atoms with E-state index in [1.165, 1.54) is 28.7 Å². The number of alkyl halides is 3. The number of imidazole rings is 1. The van der Waals surface area contributed by atoms with Gasteiger partial charge in [-0.3, -0.25) is 4.90 Å². The number of fused-ring (bicyclic) bond motifs is 1. The van der Waals surface area contributed by atoms with Gasteiger partial charge in [0.2, 0.25) is 5.95 Å². The molecule has 2 atom stereocenters. The molecule has 2 aromatic carbocycles. The lowest BCUT2D eigenvalue weighted by atomic mass is 9.89. The van der Waals surface area contributed by atoms with E-state index in [2.05, 4.69) is 26.2 Å². The van der Waals surface area contributed by atoms with Crippen LogP contribution in [0.5, 0.6) is 0 Å². The number of nitrogens with zero attached hydrogens (tertiary/aromatic N) is 6. The molecule has 1 aliphatic heterocycles. The molecule has 0 aliphatic carbocycles. The molecule has 14 heteroatoms. The lowest BCUT2D eigenvalue weighted by molar-refractivity contribution is -0.932. The molecular weight excluding hydrogens is 577 g/mol. The van der Waals surface area contributed by atoms with Crippen molar-refractivity contribution in [2.45, 2.75) is 38.7 Å². The zero-order valence-electron chi connectivity index (χ0n) is 24.6. The van der Waals surface area contributed by atoms with Crippen molar-refractivity contribution in [2.24, 2.45) is 0 Å². The Kier molecular flexibility index (Phi) is 7.69. The van der Waals surface area contributed by atoms with Crippen LogP contribution < -0.4 is 10.6 Å². The number of aromatic nitrogens is 5. The first-order valence-electron chi connectivity index (χ1n) is 13.6. The summed E-state index contributed by atoms with van der Waals surface area (Å²) >= 11 is 0. The summed E-state index contributed by atoms with van der Waals surface area (Å²) in [5, 5.41) is 16.3. The second kappa shape index (κ2) is 11.2. The van der Waals surface area contributed by atoms with Crippen molar-refractivity contribution >= 4 is 17.6 Å². The fraction of sp³-hybridized carbons (Fsp3) is 0.300. The highest BCUT2D eigenvalue weighted by molar-refractivity contribution is 5.93. The number of carbonyl (C=O) groups excluding carboxylic acids is 1. The second-order valence-electron chi connectivity index (χ2n) is 11.1. The third-order valence-electron chi connectivity index (χ3n) is 8.12. The number of nitrogens with one attached hydrogen (secondary N) is 2. The average Bonchev–Trinajstić information content (AvgIpc) is 3.66. The molecule has 0 saturated heterocycles. The van der Waals surface area contributed by atoms with Crippen molar-refractivity contribution in [1.82, 2.24) is 24.7 Å². The minimum Gasteiger partial charge on any atom is -0.466 e. The molecule has 0 spiro atoms. The third-order valence-corrected chi connectivity index (χ3v) is 8.12. The van der Waals surface area contributed by atoms with Crippen molar-refractivity contribution in [3.63, 3.8) is 0 Å². The molecule has 5 rings (SSSR count). The van der Waals surface area contributed by atoms with Gasteiger partial charge in [-0.05, 0) is 49.7 Å². The number of hydrogen-bond donors (Lipinski definition) is 2. The molecular formula is C30H30F3N8O3+. The molecule has 2 N–H and O–H groups in total. The normalized spacial score (nSPS) is 16.0. The summed E-state index contributed by atoms with van der Waals surface area (Å²) < 4.78 is 47.7. The lowest BCUT2D eigenvalue weighted by Crippen LogP contribution is -2.42. The van der Waals surface area contributed by atoms with Gasteiger partial charge in [0.1, 0.15) is 24.3 Å². The molecule has 3 heterocycles. The van der Waals surface area contributed by atoms with Gasteiger partial charge in [0.25, 0.3) is 0 Å². The monoisotopic (exact) mass is 607 g/mol. The van der Waals surface area contributed by atoms with E-state index >= 15 is 0 Å². The molecule has 0 amide bonds. The number of methoxy groups -OCH3 is 1. The Hall–Kier alpha value is -5.16. The van der Waals surface area contributed by atoms with E-state index in [4.69, 9.17) is 4.74 Å². The molecule has 0 fully saturated rings. The van der Waals surface area contributed by atoms with E-state index < -0.39 is 29.4 Å². The number of aromatic amines is 2. The van der Waals surface area contributed by atoms with E-state index in [9.17, 15) is 28.0 Å². The first-order valence-corrected chi connectivity index (χ1v) is 13.6. The van der Waals surface area contributed by atoms with Crippen LogP contribution in [0.1, 0.15) is 53.9 Å². The number of halogens is 3. The Bertz CT molecular complexity index is 1850. The fourth-order valence-corrected chi connectivity index (χ4v) is 5.59. The smallest absolute Gasteiger partial charge is 0.416 e. The van der Waals surface area contributed by atoms with Crippen LogP contribution in [0.15, 0.2) is 71.1 Å². The van der Waals surface area contributed by atoms with Gasteiger partial charge in [-0.2, -0.15) is 18.4 Å². The Morgan fingerprint density at radius 3 is 2.61 bits per heavy atom. The van der Waals surface area contributed by atoms with Crippen molar-refractivity contribution in [2.75, 3.05) is 26.1 Å². The summed E-state index contributed by atoms with van der Waals surface area (Å²) in [5.74, 6) is -0.796. The van der Waals surface area contributed by atoms with Crippen LogP contribution in [-0.2, 0) is 22.3 Å². The zero-order valence-corrected chi connectivity index (χ0v) is 24.6. The molecule has 1 aliphatic rings. The Morgan fingerprint density at radius 2 is 1.98 bits per heavy atom. The number of H-pyrrole nitrogens is 2. The lowest BCUT2D eigenvalue weighted by Gasteiger charge is -2.38. The second-order valence-corrected chi connectivity index (χ2v) is 11.1. The number of nitriles is 1. The van der Waals surface area contributed by atoms with Crippen molar-refractivity contribution in [3.8, 4) is 6.07 Å². The van der Waals surface area contributed by atoms with E-state index in [0.29, 0.717) is 27.7 Å². The van der Waals surface area contributed by atoms with Crippen LogP contribution in [0.25, 0.3) is 0 Å².